The van der Waals surface area contributed by atoms with Gasteiger partial charge in [-0.1, -0.05) is 30.3 Å². The van der Waals surface area contributed by atoms with Crippen molar-refractivity contribution in [2.45, 2.75) is 37.6 Å². The number of alkyl halides is 3. The number of pyridine rings is 1. The largest absolute Gasteiger partial charge is 0.416 e. The van der Waals surface area contributed by atoms with Crippen LogP contribution in [0.1, 0.15) is 46.4 Å². The molecule has 0 unspecified atom stereocenters. The summed E-state index contributed by atoms with van der Waals surface area (Å²) in [6.45, 7) is 4.99. The Kier molecular flexibility index (Phi) is 6.45. The Hall–Kier alpha value is -3.43. The number of halogens is 3. The number of amides is 1. The van der Waals surface area contributed by atoms with Gasteiger partial charge in [-0.2, -0.15) is 13.2 Å². The molecule has 0 radical (unpaired) electrons. The Morgan fingerprint density at radius 2 is 1.86 bits per heavy atom. The van der Waals surface area contributed by atoms with E-state index in [0.29, 0.717) is 22.3 Å². The van der Waals surface area contributed by atoms with Gasteiger partial charge in [-0.25, -0.2) is 0 Å². The molecular formula is C28H30F3N5O. The number of nitrogens with zero attached hydrogens (tertiary/aromatic N) is 3. The van der Waals surface area contributed by atoms with Gasteiger partial charge in [0.1, 0.15) is 0 Å². The van der Waals surface area contributed by atoms with E-state index in [1.807, 2.05) is 31.3 Å². The van der Waals surface area contributed by atoms with Crippen LogP contribution in [0.3, 0.4) is 0 Å². The second-order valence-corrected chi connectivity index (χ2v) is 10.1. The van der Waals surface area contributed by atoms with E-state index in [-0.39, 0.29) is 24.0 Å². The summed E-state index contributed by atoms with van der Waals surface area (Å²) < 4.78 is 39.7. The Morgan fingerprint density at radius 3 is 2.46 bits per heavy atom. The molecule has 3 aromatic rings. The van der Waals surface area contributed by atoms with Crippen molar-refractivity contribution in [1.82, 2.24) is 15.2 Å². The minimum Gasteiger partial charge on any atom is -0.362 e. The van der Waals surface area contributed by atoms with E-state index in [0.717, 1.165) is 49.4 Å². The summed E-state index contributed by atoms with van der Waals surface area (Å²) in [6, 6.07) is 12.3. The predicted octanol–water partition coefficient (Wildman–Crippen LogP) is 4.61. The molecule has 2 aliphatic heterocycles. The van der Waals surface area contributed by atoms with Crippen molar-refractivity contribution in [3.8, 4) is 11.1 Å². The fourth-order valence-corrected chi connectivity index (χ4v) is 5.44. The number of benzene rings is 2. The molecule has 0 bridgehead atoms. The molecule has 2 aromatic carbocycles. The Bertz CT molecular complexity index is 1300. The smallest absolute Gasteiger partial charge is 0.362 e. The first-order chi connectivity index (χ1) is 17.6. The lowest BCUT2D eigenvalue weighted by Crippen LogP contribution is -2.76. The lowest BCUT2D eigenvalue weighted by Gasteiger charge is -2.63. The van der Waals surface area contributed by atoms with E-state index in [2.05, 4.69) is 27.1 Å². The van der Waals surface area contributed by atoms with Gasteiger partial charge in [0.25, 0.3) is 5.91 Å². The Balaban J connectivity index is 1.29. The number of carbonyl (C=O) groups is 1. The van der Waals surface area contributed by atoms with Crippen molar-refractivity contribution in [3.05, 3.63) is 83.2 Å². The molecule has 5 rings (SSSR count). The molecule has 1 atom stereocenters. The van der Waals surface area contributed by atoms with E-state index in [9.17, 15) is 18.0 Å². The molecule has 2 saturated heterocycles. The average Bonchev–Trinajstić information content (AvgIpc) is 2.85. The maximum atomic E-state index is 13.2. The van der Waals surface area contributed by atoms with Gasteiger partial charge in [-0.3, -0.25) is 9.78 Å². The van der Waals surface area contributed by atoms with E-state index >= 15 is 0 Å². The van der Waals surface area contributed by atoms with Gasteiger partial charge < -0.3 is 20.9 Å². The molecule has 0 aliphatic carbocycles. The number of aromatic nitrogens is 1. The third kappa shape index (κ3) is 4.81. The Morgan fingerprint density at radius 1 is 1.14 bits per heavy atom. The summed E-state index contributed by atoms with van der Waals surface area (Å²) in [4.78, 5) is 21.9. The van der Waals surface area contributed by atoms with Gasteiger partial charge in [-0.05, 0) is 60.8 Å². The molecule has 9 heteroatoms. The molecule has 1 aromatic heterocycles. The SMILES string of the molecule is C[C@@H](NC(=O)c1cncc(N2CCC23CN(C)C3)c1)c1ccc(-c2cc(C(F)(F)F)ccc2CN)cc1. The minimum absolute atomic E-state index is 0.129. The highest BCUT2D eigenvalue weighted by Crippen LogP contribution is 2.41. The molecule has 37 heavy (non-hydrogen) atoms. The third-order valence-electron chi connectivity index (χ3n) is 7.53. The molecule has 1 amide bonds. The van der Waals surface area contributed by atoms with Crippen molar-refractivity contribution >= 4 is 11.6 Å². The fraction of sp³-hybridized carbons (Fsp3) is 0.357. The van der Waals surface area contributed by atoms with Crippen LogP contribution in [0.2, 0.25) is 0 Å². The molecule has 3 heterocycles. The van der Waals surface area contributed by atoms with E-state index in [1.165, 1.54) is 6.07 Å². The second kappa shape index (κ2) is 9.46. The summed E-state index contributed by atoms with van der Waals surface area (Å²) in [5, 5.41) is 3.01. The highest BCUT2D eigenvalue weighted by atomic mass is 19.4. The number of nitrogens with one attached hydrogen (secondary N) is 1. The van der Waals surface area contributed by atoms with Crippen molar-refractivity contribution in [3.63, 3.8) is 0 Å². The summed E-state index contributed by atoms with van der Waals surface area (Å²) in [7, 11) is 2.11. The van der Waals surface area contributed by atoms with Crippen molar-refractivity contribution in [2.75, 3.05) is 31.6 Å². The molecular weight excluding hydrogens is 479 g/mol. The minimum atomic E-state index is -4.43. The zero-order valence-electron chi connectivity index (χ0n) is 20.8. The van der Waals surface area contributed by atoms with Crippen LogP contribution in [0.25, 0.3) is 11.1 Å². The number of carbonyl (C=O) groups excluding carboxylic acids is 1. The third-order valence-corrected chi connectivity index (χ3v) is 7.53. The van der Waals surface area contributed by atoms with Gasteiger partial charge in [0.05, 0.1) is 34.6 Å². The number of hydrogen-bond acceptors (Lipinski definition) is 5. The maximum absolute atomic E-state index is 13.2. The monoisotopic (exact) mass is 509 g/mol. The number of rotatable bonds is 6. The molecule has 3 N–H and O–H groups in total. The normalized spacial score (nSPS) is 17.7. The highest BCUT2D eigenvalue weighted by Gasteiger charge is 2.52. The summed E-state index contributed by atoms with van der Waals surface area (Å²) in [6.07, 6.45) is 0.0862. The topological polar surface area (TPSA) is 74.5 Å². The lowest BCUT2D eigenvalue weighted by molar-refractivity contribution is -0.137. The lowest BCUT2D eigenvalue weighted by atomic mass is 9.77. The first-order valence-corrected chi connectivity index (χ1v) is 12.3. The molecule has 194 valence electrons. The van der Waals surface area contributed by atoms with Gasteiger partial charge in [0.2, 0.25) is 0 Å². The van der Waals surface area contributed by atoms with Crippen LogP contribution in [-0.4, -0.2) is 48.0 Å². The van der Waals surface area contributed by atoms with Crippen LogP contribution < -0.4 is 16.0 Å². The van der Waals surface area contributed by atoms with Gasteiger partial charge in [0, 0.05) is 32.4 Å². The quantitative estimate of drug-likeness (QED) is 0.508. The van der Waals surface area contributed by atoms with Crippen molar-refractivity contribution in [1.29, 1.82) is 0 Å². The number of nitrogens with two attached hydrogens (primary N) is 1. The number of likely N-dealkylation sites (N-methyl/N-ethyl adjacent to an activating group) is 1. The predicted molar refractivity (Wildman–Crippen MR) is 137 cm³/mol. The van der Waals surface area contributed by atoms with Crippen LogP contribution >= 0.6 is 0 Å². The first kappa shape index (κ1) is 25.2. The zero-order valence-corrected chi connectivity index (χ0v) is 20.8. The number of anilines is 1. The van der Waals surface area contributed by atoms with Gasteiger partial charge in [0.15, 0.2) is 0 Å². The van der Waals surface area contributed by atoms with Crippen LogP contribution in [0.5, 0.6) is 0 Å². The van der Waals surface area contributed by atoms with E-state index in [1.54, 1.807) is 18.3 Å². The van der Waals surface area contributed by atoms with Crippen LogP contribution in [-0.2, 0) is 12.7 Å². The number of hydrogen-bond donors (Lipinski definition) is 2. The van der Waals surface area contributed by atoms with E-state index in [4.69, 9.17) is 5.73 Å². The van der Waals surface area contributed by atoms with Crippen molar-refractivity contribution in [2.24, 2.45) is 5.73 Å². The zero-order chi connectivity index (χ0) is 26.4. The first-order valence-electron chi connectivity index (χ1n) is 12.3. The number of likely N-dealkylation sites (tertiary alicyclic amines) is 1. The van der Waals surface area contributed by atoms with Gasteiger partial charge in [-0.15, -0.1) is 0 Å². The molecule has 6 nitrogen and oxygen atoms in total. The van der Waals surface area contributed by atoms with Crippen LogP contribution in [0.4, 0.5) is 18.9 Å². The van der Waals surface area contributed by atoms with Crippen LogP contribution in [0.15, 0.2) is 60.9 Å². The maximum Gasteiger partial charge on any atom is 0.416 e. The highest BCUT2D eigenvalue weighted by molar-refractivity contribution is 5.95. The summed E-state index contributed by atoms with van der Waals surface area (Å²) in [5.74, 6) is -0.227. The van der Waals surface area contributed by atoms with Gasteiger partial charge >= 0.3 is 6.18 Å². The molecule has 2 fully saturated rings. The Labute approximate surface area is 214 Å². The molecule has 2 aliphatic rings. The van der Waals surface area contributed by atoms with Crippen LogP contribution in [0, 0.1) is 0 Å². The summed E-state index contributed by atoms with van der Waals surface area (Å²) >= 11 is 0. The molecule has 1 spiro atoms. The summed E-state index contributed by atoms with van der Waals surface area (Å²) in [5.41, 5.74) is 9.23. The fourth-order valence-electron chi connectivity index (χ4n) is 5.44. The van der Waals surface area contributed by atoms with Crippen molar-refractivity contribution < 1.29 is 18.0 Å². The molecule has 0 saturated carbocycles. The standard InChI is InChI=1S/C28H30F3N5O/c1-18(19-3-5-20(6-4-19)25-12-23(28(29,30)31)8-7-21(25)13-32)34-26(37)22-11-24(15-33-14-22)36-10-9-27(36)16-35(2)17-27/h3-8,11-12,14-15,18H,9-10,13,16-17,32H2,1-2H3,(H,34,37)/t18-/m1/s1. The van der Waals surface area contributed by atoms with E-state index < -0.39 is 11.7 Å². The average molecular weight is 510 g/mol. The second-order valence-electron chi connectivity index (χ2n) is 10.1.